The van der Waals surface area contributed by atoms with Crippen LogP contribution in [0.25, 0.3) is 11.0 Å². The smallest absolute Gasteiger partial charge is 0.412 e. The van der Waals surface area contributed by atoms with E-state index in [0.29, 0.717) is 28.0 Å². The number of aromatic amines is 1. The maximum absolute atomic E-state index is 12.3. The summed E-state index contributed by atoms with van der Waals surface area (Å²) in [7, 11) is 0. The summed E-state index contributed by atoms with van der Waals surface area (Å²) in [5.74, 6) is -0.261. The zero-order valence-corrected chi connectivity index (χ0v) is 14.7. The molecule has 3 rings (SSSR count). The van der Waals surface area contributed by atoms with Crippen LogP contribution in [-0.4, -0.2) is 33.0 Å². The van der Waals surface area contributed by atoms with Crippen LogP contribution < -0.4 is 10.6 Å². The number of amides is 2. The van der Waals surface area contributed by atoms with Crippen LogP contribution in [0.15, 0.2) is 42.5 Å². The highest BCUT2D eigenvalue weighted by atomic mass is 16.6. The Balaban J connectivity index is 1.63. The number of benzene rings is 2. The Morgan fingerprint density at radius 2 is 1.54 bits per heavy atom. The molecule has 26 heavy (non-hydrogen) atoms. The summed E-state index contributed by atoms with van der Waals surface area (Å²) >= 11 is 0. The molecule has 0 bridgehead atoms. The Labute approximate surface area is 149 Å². The van der Waals surface area contributed by atoms with Gasteiger partial charge >= 0.3 is 6.09 Å². The molecule has 8 heteroatoms. The van der Waals surface area contributed by atoms with E-state index >= 15 is 0 Å². The zero-order valence-electron chi connectivity index (χ0n) is 14.7. The van der Waals surface area contributed by atoms with Crippen molar-refractivity contribution >= 4 is 34.4 Å². The number of carbonyl (C=O) groups excluding carboxylic acids is 2. The molecule has 0 atom stereocenters. The topological polar surface area (TPSA) is 109 Å². The molecule has 0 radical (unpaired) electrons. The van der Waals surface area contributed by atoms with Crippen molar-refractivity contribution in [1.29, 1.82) is 0 Å². The Hall–Kier alpha value is -3.42. The van der Waals surface area contributed by atoms with E-state index in [1.165, 1.54) is 0 Å². The second kappa shape index (κ2) is 6.83. The molecular formula is C18H19N5O3. The van der Waals surface area contributed by atoms with Crippen molar-refractivity contribution in [3.63, 3.8) is 0 Å². The van der Waals surface area contributed by atoms with Crippen LogP contribution in [-0.2, 0) is 4.74 Å². The summed E-state index contributed by atoms with van der Waals surface area (Å²) in [4.78, 5) is 24.1. The molecule has 134 valence electrons. The van der Waals surface area contributed by atoms with Crippen LogP contribution in [0.3, 0.4) is 0 Å². The van der Waals surface area contributed by atoms with Crippen molar-refractivity contribution in [3.8, 4) is 0 Å². The lowest BCUT2D eigenvalue weighted by Gasteiger charge is -2.19. The normalized spacial score (nSPS) is 11.2. The van der Waals surface area contributed by atoms with E-state index in [4.69, 9.17) is 4.74 Å². The average molecular weight is 353 g/mol. The third-order valence-corrected chi connectivity index (χ3v) is 3.37. The first-order valence-electron chi connectivity index (χ1n) is 8.02. The predicted octanol–water partition coefficient (Wildman–Crippen LogP) is 3.56. The molecule has 0 fully saturated rings. The minimum atomic E-state index is -0.567. The van der Waals surface area contributed by atoms with Gasteiger partial charge in [0.2, 0.25) is 0 Å². The number of rotatable bonds is 3. The molecule has 0 saturated carbocycles. The van der Waals surface area contributed by atoms with Gasteiger partial charge in [-0.3, -0.25) is 10.1 Å². The van der Waals surface area contributed by atoms with Gasteiger partial charge in [-0.15, -0.1) is 0 Å². The summed E-state index contributed by atoms with van der Waals surface area (Å²) in [6.45, 7) is 5.38. The molecule has 0 unspecified atom stereocenters. The number of hydrogen-bond acceptors (Lipinski definition) is 5. The number of carbonyl (C=O) groups is 2. The number of fused-ring (bicyclic) bond motifs is 1. The largest absolute Gasteiger partial charge is 0.444 e. The summed E-state index contributed by atoms with van der Waals surface area (Å²) in [6, 6.07) is 11.8. The average Bonchev–Trinajstić information content (AvgIpc) is 3.02. The fraction of sp³-hybridized carbons (Fsp3) is 0.222. The zero-order chi connectivity index (χ0) is 18.7. The van der Waals surface area contributed by atoms with Crippen LogP contribution >= 0.6 is 0 Å². The lowest BCUT2D eigenvalue weighted by molar-refractivity contribution is 0.0635. The Bertz CT molecular complexity index is 941. The van der Waals surface area contributed by atoms with Gasteiger partial charge in [0.25, 0.3) is 5.91 Å². The highest BCUT2D eigenvalue weighted by Gasteiger charge is 2.16. The number of H-pyrrole nitrogens is 1. The van der Waals surface area contributed by atoms with Crippen molar-refractivity contribution in [3.05, 3.63) is 48.0 Å². The molecule has 0 aliphatic carbocycles. The molecule has 0 saturated heterocycles. The van der Waals surface area contributed by atoms with Crippen LogP contribution in [0.2, 0.25) is 0 Å². The molecule has 0 aliphatic rings. The maximum atomic E-state index is 12.3. The van der Waals surface area contributed by atoms with Gasteiger partial charge in [0, 0.05) is 16.9 Å². The molecule has 1 heterocycles. The Kier molecular flexibility index (Phi) is 4.57. The van der Waals surface area contributed by atoms with Gasteiger partial charge in [0.15, 0.2) is 0 Å². The third kappa shape index (κ3) is 4.35. The predicted molar refractivity (Wildman–Crippen MR) is 98.1 cm³/mol. The van der Waals surface area contributed by atoms with E-state index in [1.54, 1.807) is 63.2 Å². The number of hydrogen-bond donors (Lipinski definition) is 3. The summed E-state index contributed by atoms with van der Waals surface area (Å²) in [5.41, 5.74) is 2.39. The van der Waals surface area contributed by atoms with Gasteiger partial charge in [-0.05, 0) is 63.2 Å². The van der Waals surface area contributed by atoms with Gasteiger partial charge in [-0.25, -0.2) is 4.79 Å². The van der Waals surface area contributed by atoms with E-state index in [0.717, 1.165) is 0 Å². The molecule has 8 nitrogen and oxygen atoms in total. The van der Waals surface area contributed by atoms with E-state index in [1.807, 2.05) is 0 Å². The third-order valence-electron chi connectivity index (χ3n) is 3.37. The standard InChI is InChI=1S/C18H19N5O3/c1-18(2,3)26-17(25)20-13-7-5-12(6-8-13)19-16(24)11-4-9-14-15(10-11)22-23-21-14/h4-10H,1-3H3,(H,19,24)(H,20,25)(H,21,22,23). The lowest BCUT2D eigenvalue weighted by atomic mass is 10.2. The van der Waals surface area contributed by atoms with Crippen molar-refractivity contribution in [1.82, 2.24) is 15.4 Å². The molecule has 2 aromatic carbocycles. The van der Waals surface area contributed by atoms with Gasteiger partial charge in [0.05, 0.1) is 0 Å². The first-order valence-corrected chi connectivity index (χ1v) is 8.02. The summed E-state index contributed by atoms with van der Waals surface area (Å²) in [5, 5.41) is 15.9. The number of ether oxygens (including phenoxy) is 1. The number of anilines is 2. The van der Waals surface area contributed by atoms with Crippen LogP contribution in [0.5, 0.6) is 0 Å². The second-order valence-corrected chi connectivity index (χ2v) is 6.69. The Morgan fingerprint density at radius 3 is 2.19 bits per heavy atom. The molecule has 3 N–H and O–H groups in total. The van der Waals surface area contributed by atoms with E-state index in [9.17, 15) is 9.59 Å². The first kappa shape index (κ1) is 17.4. The number of aromatic nitrogens is 3. The van der Waals surface area contributed by atoms with Crippen molar-refractivity contribution in [2.24, 2.45) is 0 Å². The molecule has 2 amide bonds. The molecular weight excluding hydrogens is 334 g/mol. The van der Waals surface area contributed by atoms with Gasteiger partial charge < -0.3 is 10.1 Å². The summed E-state index contributed by atoms with van der Waals surface area (Å²) < 4.78 is 5.19. The van der Waals surface area contributed by atoms with Crippen molar-refractivity contribution in [2.75, 3.05) is 10.6 Å². The van der Waals surface area contributed by atoms with Crippen molar-refractivity contribution in [2.45, 2.75) is 26.4 Å². The summed E-state index contributed by atoms with van der Waals surface area (Å²) in [6.07, 6.45) is -0.532. The van der Waals surface area contributed by atoms with Crippen LogP contribution in [0.4, 0.5) is 16.2 Å². The minimum absolute atomic E-state index is 0.261. The molecule has 3 aromatic rings. The van der Waals surface area contributed by atoms with E-state index in [-0.39, 0.29) is 5.91 Å². The Morgan fingerprint density at radius 1 is 0.923 bits per heavy atom. The first-order chi connectivity index (χ1) is 12.3. The lowest BCUT2D eigenvalue weighted by Crippen LogP contribution is -2.27. The SMILES string of the molecule is CC(C)(C)OC(=O)Nc1ccc(NC(=O)c2ccc3n[nH]nc3c2)cc1. The monoisotopic (exact) mass is 353 g/mol. The number of nitrogens with zero attached hydrogens (tertiary/aromatic N) is 2. The van der Waals surface area contributed by atoms with Gasteiger partial charge in [-0.1, -0.05) is 0 Å². The quantitative estimate of drug-likeness (QED) is 0.667. The van der Waals surface area contributed by atoms with Crippen molar-refractivity contribution < 1.29 is 14.3 Å². The van der Waals surface area contributed by atoms with Crippen LogP contribution in [0, 0.1) is 0 Å². The maximum Gasteiger partial charge on any atom is 0.412 e. The minimum Gasteiger partial charge on any atom is -0.444 e. The highest BCUT2D eigenvalue weighted by molar-refractivity contribution is 6.06. The van der Waals surface area contributed by atoms with Gasteiger partial charge in [-0.2, -0.15) is 15.4 Å². The van der Waals surface area contributed by atoms with E-state index in [2.05, 4.69) is 26.0 Å². The fourth-order valence-electron chi connectivity index (χ4n) is 2.24. The second-order valence-electron chi connectivity index (χ2n) is 6.69. The highest BCUT2D eigenvalue weighted by Crippen LogP contribution is 2.17. The van der Waals surface area contributed by atoms with Gasteiger partial charge in [0.1, 0.15) is 16.6 Å². The molecule has 1 aromatic heterocycles. The molecule has 0 spiro atoms. The van der Waals surface area contributed by atoms with Crippen LogP contribution in [0.1, 0.15) is 31.1 Å². The fourth-order valence-corrected chi connectivity index (χ4v) is 2.24. The van der Waals surface area contributed by atoms with E-state index < -0.39 is 11.7 Å². The number of nitrogens with one attached hydrogen (secondary N) is 3. The molecule has 0 aliphatic heterocycles.